The maximum atomic E-state index is 9.32. The van der Waals surface area contributed by atoms with Crippen molar-refractivity contribution in [2.45, 2.75) is 0 Å². The van der Waals surface area contributed by atoms with Crippen molar-refractivity contribution in [3.8, 4) is 40.2 Å². The predicted octanol–water partition coefficient (Wildman–Crippen LogP) is 3.73. The van der Waals surface area contributed by atoms with E-state index in [1.54, 1.807) is 36.8 Å². The quantitative estimate of drug-likeness (QED) is 0.570. The lowest BCUT2D eigenvalue weighted by molar-refractivity contribution is 0.432. The van der Waals surface area contributed by atoms with Crippen LogP contribution in [0.15, 0.2) is 71.6 Å². The van der Waals surface area contributed by atoms with Crippen LogP contribution in [0.5, 0.6) is 0 Å². The van der Waals surface area contributed by atoms with Crippen molar-refractivity contribution in [3.63, 3.8) is 0 Å². The van der Waals surface area contributed by atoms with Crippen LogP contribution in [0.4, 0.5) is 0 Å². The number of rotatable bonds is 3. The monoisotopic (exact) mass is 325 g/mol. The molecule has 4 aromatic rings. The average molecular weight is 325 g/mol. The number of hydrogen-bond donors (Lipinski definition) is 0. The average Bonchev–Trinajstić information content (AvgIpc) is 3.19. The Morgan fingerprint density at radius 1 is 0.920 bits per heavy atom. The highest BCUT2D eigenvalue weighted by Gasteiger charge is 2.13. The van der Waals surface area contributed by atoms with E-state index in [4.69, 9.17) is 4.52 Å². The fourth-order valence-corrected chi connectivity index (χ4v) is 2.46. The molecule has 0 amide bonds. The Morgan fingerprint density at radius 3 is 2.60 bits per heavy atom. The SMILES string of the molecule is N#Cc1cc(-c2cccnc2)cc(-c2nc(-c3ccccn3)no2)c1. The summed E-state index contributed by atoms with van der Waals surface area (Å²) in [4.78, 5) is 12.7. The third-order valence-electron chi connectivity index (χ3n) is 3.62. The van der Waals surface area contributed by atoms with E-state index < -0.39 is 0 Å². The van der Waals surface area contributed by atoms with Crippen LogP contribution < -0.4 is 0 Å². The normalized spacial score (nSPS) is 10.4. The molecule has 6 nitrogen and oxygen atoms in total. The molecule has 6 heteroatoms. The first-order valence-electron chi connectivity index (χ1n) is 7.54. The second kappa shape index (κ2) is 6.34. The Hall–Kier alpha value is -3.85. The third-order valence-corrected chi connectivity index (χ3v) is 3.62. The molecule has 0 bridgehead atoms. The summed E-state index contributed by atoms with van der Waals surface area (Å²) < 4.78 is 5.37. The first-order valence-corrected chi connectivity index (χ1v) is 7.54. The third kappa shape index (κ3) is 2.99. The van der Waals surface area contributed by atoms with Crippen molar-refractivity contribution in [3.05, 3.63) is 72.7 Å². The van der Waals surface area contributed by atoms with Gasteiger partial charge in [0.15, 0.2) is 0 Å². The zero-order chi connectivity index (χ0) is 17.1. The van der Waals surface area contributed by atoms with Gasteiger partial charge in [0.2, 0.25) is 5.82 Å². The maximum Gasteiger partial charge on any atom is 0.258 e. The summed E-state index contributed by atoms with van der Waals surface area (Å²) in [6.07, 6.45) is 5.12. The summed E-state index contributed by atoms with van der Waals surface area (Å²) in [5, 5.41) is 13.3. The van der Waals surface area contributed by atoms with Gasteiger partial charge in [0.25, 0.3) is 5.89 Å². The molecule has 0 unspecified atom stereocenters. The molecule has 0 aliphatic heterocycles. The minimum Gasteiger partial charge on any atom is -0.334 e. The number of aromatic nitrogens is 4. The van der Waals surface area contributed by atoms with Crippen molar-refractivity contribution >= 4 is 0 Å². The molecular formula is C19H11N5O. The van der Waals surface area contributed by atoms with Crippen LogP contribution >= 0.6 is 0 Å². The topological polar surface area (TPSA) is 88.5 Å². The second-order valence-electron chi connectivity index (χ2n) is 5.29. The van der Waals surface area contributed by atoms with E-state index in [-0.39, 0.29) is 0 Å². The molecule has 0 saturated heterocycles. The van der Waals surface area contributed by atoms with E-state index in [1.165, 1.54) is 0 Å². The zero-order valence-electron chi connectivity index (χ0n) is 13.0. The van der Waals surface area contributed by atoms with Crippen molar-refractivity contribution in [1.82, 2.24) is 20.1 Å². The van der Waals surface area contributed by atoms with E-state index in [9.17, 15) is 5.26 Å². The first kappa shape index (κ1) is 14.7. The molecule has 0 atom stereocenters. The molecule has 0 aliphatic rings. The molecule has 0 N–H and O–H groups in total. The zero-order valence-corrected chi connectivity index (χ0v) is 13.0. The summed E-state index contributed by atoms with van der Waals surface area (Å²) in [6, 6.07) is 16.8. The molecule has 3 heterocycles. The highest BCUT2D eigenvalue weighted by atomic mass is 16.5. The molecular weight excluding hydrogens is 314 g/mol. The molecule has 25 heavy (non-hydrogen) atoms. The lowest BCUT2D eigenvalue weighted by Gasteiger charge is -2.04. The Bertz CT molecular complexity index is 1050. The minimum atomic E-state index is 0.336. The van der Waals surface area contributed by atoms with Crippen LogP contribution in [0.2, 0.25) is 0 Å². The van der Waals surface area contributed by atoms with E-state index >= 15 is 0 Å². The first-order chi connectivity index (χ1) is 12.3. The molecule has 0 spiro atoms. The lowest BCUT2D eigenvalue weighted by atomic mass is 10.0. The smallest absolute Gasteiger partial charge is 0.258 e. The van der Waals surface area contributed by atoms with Gasteiger partial charge >= 0.3 is 0 Å². The molecule has 1 aromatic carbocycles. The van der Waals surface area contributed by atoms with E-state index in [2.05, 4.69) is 26.2 Å². The Labute approximate surface area is 143 Å². The number of benzene rings is 1. The van der Waals surface area contributed by atoms with Gasteiger partial charge in [-0.1, -0.05) is 17.3 Å². The predicted molar refractivity (Wildman–Crippen MR) is 90.9 cm³/mol. The van der Waals surface area contributed by atoms with Crippen molar-refractivity contribution in [2.75, 3.05) is 0 Å². The van der Waals surface area contributed by atoms with Gasteiger partial charge in [0.05, 0.1) is 11.6 Å². The van der Waals surface area contributed by atoms with Crippen LogP contribution in [-0.4, -0.2) is 20.1 Å². The molecule has 4 rings (SSSR count). The largest absolute Gasteiger partial charge is 0.334 e. The van der Waals surface area contributed by atoms with Crippen molar-refractivity contribution in [2.24, 2.45) is 0 Å². The lowest BCUT2D eigenvalue weighted by Crippen LogP contribution is -1.87. The highest BCUT2D eigenvalue weighted by molar-refractivity contribution is 5.72. The summed E-state index contributed by atoms with van der Waals surface area (Å²) in [5.41, 5.74) is 3.58. The van der Waals surface area contributed by atoms with Crippen LogP contribution in [0.3, 0.4) is 0 Å². The van der Waals surface area contributed by atoms with Crippen LogP contribution in [0.1, 0.15) is 5.56 Å². The number of nitriles is 1. The number of nitrogens with zero attached hydrogens (tertiary/aromatic N) is 5. The van der Waals surface area contributed by atoms with Gasteiger partial charge in [-0.05, 0) is 42.0 Å². The second-order valence-corrected chi connectivity index (χ2v) is 5.29. The van der Waals surface area contributed by atoms with Gasteiger partial charge in [-0.15, -0.1) is 0 Å². The highest BCUT2D eigenvalue weighted by Crippen LogP contribution is 2.28. The summed E-state index contributed by atoms with van der Waals surface area (Å²) in [5.74, 6) is 0.740. The van der Waals surface area contributed by atoms with E-state index in [0.29, 0.717) is 28.5 Å². The van der Waals surface area contributed by atoms with Crippen LogP contribution in [-0.2, 0) is 0 Å². The van der Waals surface area contributed by atoms with Gasteiger partial charge in [-0.25, -0.2) is 0 Å². The molecule has 0 radical (unpaired) electrons. The van der Waals surface area contributed by atoms with Crippen LogP contribution in [0.25, 0.3) is 34.1 Å². The van der Waals surface area contributed by atoms with Gasteiger partial charge in [-0.3, -0.25) is 9.97 Å². The standard InChI is InChI=1S/C19H11N5O/c20-11-13-8-15(14-4-3-6-21-12-14)10-16(9-13)19-23-18(24-25-19)17-5-1-2-7-22-17/h1-10,12H. The minimum absolute atomic E-state index is 0.336. The summed E-state index contributed by atoms with van der Waals surface area (Å²) in [7, 11) is 0. The molecule has 3 aromatic heterocycles. The van der Waals surface area contributed by atoms with Crippen molar-refractivity contribution in [1.29, 1.82) is 5.26 Å². The fourth-order valence-electron chi connectivity index (χ4n) is 2.46. The summed E-state index contributed by atoms with van der Waals surface area (Å²) >= 11 is 0. The Kier molecular flexibility index (Phi) is 3.73. The fraction of sp³-hybridized carbons (Fsp3) is 0. The molecule has 118 valence electrons. The number of pyridine rings is 2. The number of hydrogen-bond acceptors (Lipinski definition) is 6. The van der Waals surface area contributed by atoms with Crippen molar-refractivity contribution < 1.29 is 4.52 Å². The van der Waals surface area contributed by atoms with E-state index in [0.717, 1.165) is 11.1 Å². The Balaban J connectivity index is 1.79. The van der Waals surface area contributed by atoms with Gasteiger partial charge in [0, 0.05) is 29.7 Å². The van der Waals surface area contributed by atoms with Crippen LogP contribution in [0, 0.1) is 11.3 Å². The summed E-state index contributed by atoms with van der Waals surface area (Å²) in [6.45, 7) is 0. The van der Waals surface area contributed by atoms with Gasteiger partial charge in [0.1, 0.15) is 5.69 Å². The van der Waals surface area contributed by atoms with E-state index in [1.807, 2.05) is 30.3 Å². The van der Waals surface area contributed by atoms with Gasteiger partial charge < -0.3 is 4.52 Å². The molecule has 0 fully saturated rings. The molecule has 0 saturated carbocycles. The Morgan fingerprint density at radius 2 is 1.84 bits per heavy atom. The molecule has 0 aliphatic carbocycles. The van der Waals surface area contributed by atoms with Gasteiger partial charge in [-0.2, -0.15) is 10.2 Å². The maximum absolute atomic E-state index is 9.32.